The average molecular weight is 569 g/mol. The van der Waals surface area contributed by atoms with Crippen LogP contribution in [-0.2, 0) is 20.7 Å². The molecule has 0 aliphatic carbocycles. The number of amides is 3. The first kappa shape index (κ1) is 29.6. The molecule has 1 aromatic heterocycles. The number of halogens is 5. The lowest BCUT2D eigenvalue weighted by molar-refractivity contribution is -0.135. The highest BCUT2D eigenvalue weighted by atomic mass is 35.5. The van der Waals surface area contributed by atoms with Crippen molar-refractivity contribution in [1.82, 2.24) is 15.2 Å². The van der Waals surface area contributed by atoms with Crippen LogP contribution in [0, 0.1) is 11.6 Å². The summed E-state index contributed by atoms with van der Waals surface area (Å²) < 4.78 is 61.2. The number of hydrogen-bond acceptors (Lipinski definition) is 5. The van der Waals surface area contributed by atoms with Crippen molar-refractivity contribution in [3.8, 4) is 0 Å². The van der Waals surface area contributed by atoms with E-state index in [9.17, 15) is 31.9 Å². The zero-order valence-corrected chi connectivity index (χ0v) is 21.5. The van der Waals surface area contributed by atoms with Crippen molar-refractivity contribution >= 4 is 46.6 Å². The summed E-state index contributed by atoms with van der Waals surface area (Å²) >= 11 is 5.92. The van der Waals surface area contributed by atoms with Crippen LogP contribution >= 0.6 is 11.6 Å². The van der Waals surface area contributed by atoms with E-state index in [1.165, 1.54) is 55.7 Å². The molecule has 39 heavy (non-hydrogen) atoms. The number of aryl methyl sites for hydroxylation is 1. The minimum absolute atomic E-state index is 0.0339. The number of aromatic nitrogens is 1. The third kappa shape index (κ3) is 8.54. The molecule has 0 saturated carbocycles. The number of nitrogens with one attached hydrogen (secondary N) is 2. The molecule has 8 nitrogen and oxygen atoms in total. The Balaban J connectivity index is 1.67. The van der Waals surface area contributed by atoms with Crippen molar-refractivity contribution in [2.75, 3.05) is 25.5 Å². The van der Waals surface area contributed by atoms with Crippen LogP contribution in [0.3, 0.4) is 0 Å². The Morgan fingerprint density at radius 3 is 2.69 bits per heavy atom. The summed E-state index contributed by atoms with van der Waals surface area (Å²) in [7, 11) is 1.27. The third-order valence-corrected chi connectivity index (χ3v) is 6.30. The fraction of sp³-hybridized carbons (Fsp3) is 0.308. The number of anilines is 1. The molecule has 3 aromatic rings. The maximum absolute atomic E-state index is 14.5. The average Bonchev–Trinajstić information content (AvgIpc) is 2.89. The Bertz CT molecular complexity index is 1340. The lowest BCUT2D eigenvalue weighted by atomic mass is 10.1. The van der Waals surface area contributed by atoms with Gasteiger partial charge in [-0.1, -0.05) is 23.7 Å². The summed E-state index contributed by atoms with van der Waals surface area (Å²) in [5.74, 6) is -5.12. The number of carbonyl (C=O) groups excluding carboxylic acids is 3. The normalized spacial score (nSPS) is 12.1. The Labute approximate surface area is 226 Å². The van der Waals surface area contributed by atoms with Gasteiger partial charge in [0.1, 0.15) is 24.1 Å². The van der Waals surface area contributed by atoms with Crippen molar-refractivity contribution in [2.24, 2.45) is 0 Å². The molecule has 0 bridgehead atoms. The van der Waals surface area contributed by atoms with E-state index in [4.69, 9.17) is 16.3 Å². The lowest BCUT2D eigenvalue weighted by Crippen LogP contribution is -2.46. The van der Waals surface area contributed by atoms with E-state index in [-0.39, 0.29) is 30.1 Å². The van der Waals surface area contributed by atoms with Crippen molar-refractivity contribution in [3.63, 3.8) is 0 Å². The van der Waals surface area contributed by atoms with Gasteiger partial charge >= 0.3 is 6.09 Å². The quantitative estimate of drug-likeness (QED) is 0.238. The molecule has 208 valence electrons. The molecule has 2 aromatic carbocycles. The predicted molar refractivity (Wildman–Crippen MR) is 137 cm³/mol. The lowest BCUT2D eigenvalue weighted by Gasteiger charge is -2.31. The highest BCUT2D eigenvalue weighted by molar-refractivity contribution is 6.31. The maximum Gasteiger partial charge on any atom is 0.412 e. The number of likely N-dealkylation sites (N-methyl/N-ethyl adjacent to an activating group) is 1. The van der Waals surface area contributed by atoms with Gasteiger partial charge in [-0.05, 0) is 47.7 Å². The molecule has 0 aliphatic rings. The third-order valence-electron chi connectivity index (χ3n) is 5.88. The molecule has 3 amide bonds. The molecule has 0 spiro atoms. The Morgan fingerprint density at radius 2 is 1.95 bits per heavy atom. The molecule has 0 saturated heterocycles. The van der Waals surface area contributed by atoms with Crippen molar-refractivity contribution in [3.05, 3.63) is 70.9 Å². The van der Waals surface area contributed by atoms with Crippen LogP contribution < -0.4 is 10.6 Å². The molecule has 2 N–H and O–H groups in total. The van der Waals surface area contributed by atoms with Gasteiger partial charge < -0.3 is 15.0 Å². The van der Waals surface area contributed by atoms with Crippen LogP contribution in [-0.4, -0.2) is 60.5 Å². The van der Waals surface area contributed by atoms with Crippen LogP contribution in [0.1, 0.15) is 18.4 Å². The number of rotatable bonds is 12. The fourth-order valence-electron chi connectivity index (χ4n) is 3.77. The zero-order valence-electron chi connectivity index (χ0n) is 20.7. The summed E-state index contributed by atoms with van der Waals surface area (Å²) in [6.07, 6.45) is -0.580. The van der Waals surface area contributed by atoms with Crippen LogP contribution in [0.25, 0.3) is 10.8 Å². The predicted octanol–water partition coefficient (Wildman–Crippen LogP) is 4.95. The highest BCUT2D eigenvalue weighted by Crippen LogP contribution is 2.25. The van der Waals surface area contributed by atoms with Crippen molar-refractivity contribution < 1.29 is 36.7 Å². The molecule has 1 heterocycles. The van der Waals surface area contributed by atoms with Crippen molar-refractivity contribution in [2.45, 2.75) is 31.2 Å². The second-order valence-corrected chi connectivity index (χ2v) is 9.09. The van der Waals surface area contributed by atoms with Gasteiger partial charge in [0.15, 0.2) is 0 Å². The first-order valence-corrected chi connectivity index (χ1v) is 12.1. The van der Waals surface area contributed by atoms with Gasteiger partial charge in [0.05, 0.1) is 17.6 Å². The van der Waals surface area contributed by atoms with E-state index in [1.807, 2.05) is 5.32 Å². The molecule has 0 unspecified atom stereocenters. The summed E-state index contributed by atoms with van der Waals surface area (Å²) in [6, 6.07) is 8.28. The number of carbonyl (C=O) groups is 3. The number of alkyl halides is 2. The Kier molecular flexibility index (Phi) is 10.0. The molecule has 13 heteroatoms. The summed E-state index contributed by atoms with van der Waals surface area (Å²) in [4.78, 5) is 40.7. The van der Waals surface area contributed by atoms with Gasteiger partial charge in [0.2, 0.25) is 12.3 Å². The first-order chi connectivity index (χ1) is 18.5. The number of hydrogen-bond donors (Lipinski definition) is 2. The topological polar surface area (TPSA) is 101 Å². The Morgan fingerprint density at radius 1 is 1.18 bits per heavy atom. The molecule has 3 rings (SSSR count). The molecule has 0 aliphatic heterocycles. The monoisotopic (exact) mass is 568 g/mol. The Hall–Kier alpha value is -3.93. The van der Waals surface area contributed by atoms with E-state index >= 15 is 0 Å². The van der Waals surface area contributed by atoms with E-state index < -0.39 is 55.2 Å². The SMILES string of the molecule is CN(C(=O)CCc1cccc(F)c1Cl)[C@H](COC(=O)Nc1cc2cc(F)ccc2cn1)CC(F)(F)CNC=O. The summed E-state index contributed by atoms with van der Waals surface area (Å²) in [5, 5.41) is 5.19. The molecule has 0 fully saturated rings. The largest absolute Gasteiger partial charge is 0.447 e. The number of fused-ring (bicyclic) bond motifs is 1. The molecule has 1 atom stereocenters. The van der Waals surface area contributed by atoms with Gasteiger partial charge in [-0.25, -0.2) is 27.3 Å². The minimum atomic E-state index is -3.43. The smallest absolute Gasteiger partial charge is 0.412 e. The standard InChI is InChI=1S/C26H25ClF4N4O4/c1-35(23(37)8-6-16-3-2-4-21(29)24(16)27)20(11-26(30,31)14-32-15-36)13-39-25(38)34-22-10-18-9-19(28)7-5-17(18)12-33-22/h2-5,7,9-10,12,15,20H,6,8,11,13-14H2,1H3,(H,32,36)(H,33,34,38)/t20-/m0/s1. The minimum Gasteiger partial charge on any atom is -0.447 e. The summed E-state index contributed by atoms with van der Waals surface area (Å²) in [5.41, 5.74) is 0.369. The van der Waals surface area contributed by atoms with Crippen LogP contribution in [0.15, 0.2) is 48.7 Å². The van der Waals surface area contributed by atoms with Crippen molar-refractivity contribution in [1.29, 1.82) is 0 Å². The maximum atomic E-state index is 14.5. The number of nitrogens with zero attached hydrogens (tertiary/aromatic N) is 2. The highest BCUT2D eigenvalue weighted by Gasteiger charge is 2.36. The second-order valence-electron chi connectivity index (χ2n) is 8.71. The van der Waals surface area contributed by atoms with E-state index in [1.54, 1.807) is 0 Å². The van der Waals surface area contributed by atoms with Gasteiger partial charge in [0.25, 0.3) is 5.92 Å². The zero-order chi connectivity index (χ0) is 28.6. The van der Waals surface area contributed by atoms with Gasteiger partial charge in [-0.15, -0.1) is 0 Å². The number of benzene rings is 2. The van der Waals surface area contributed by atoms with Gasteiger partial charge in [-0.3, -0.25) is 14.9 Å². The molecular weight excluding hydrogens is 544 g/mol. The first-order valence-electron chi connectivity index (χ1n) is 11.7. The summed E-state index contributed by atoms with van der Waals surface area (Å²) in [6.45, 7) is -1.61. The van der Waals surface area contributed by atoms with Crippen LogP contribution in [0.5, 0.6) is 0 Å². The van der Waals surface area contributed by atoms with Crippen LogP contribution in [0.4, 0.5) is 28.2 Å². The second kappa shape index (κ2) is 13.2. The van der Waals surface area contributed by atoms with Gasteiger partial charge in [-0.2, -0.15) is 0 Å². The van der Waals surface area contributed by atoms with Gasteiger partial charge in [0, 0.05) is 31.5 Å². The van der Waals surface area contributed by atoms with Crippen LogP contribution in [0.2, 0.25) is 5.02 Å². The van der Waals surface area contributed by atoms with E-state index in [2.05, 4.69) is 10.3 Å². The molecular formula is C26H25ClF4N4O4. The molecule has 0 radical (unpaired) electrons. The van der Waals surface area contributed by atoms with E-state index in [0.29, 0.717) is 16.3 Å². The van der Waals surface area contributed by atoms with E-state index in [0.717, 1.165) is 4.90 Å². The number of pyridine rings is 1. The fourth-order valence-corrected chi connectivity index (χ4v) is 3.99. The number of ether oxygens (including phenoxy) is 1.